The number of nitrogens with zero attached hydrogens (tertiary/aromatic N) is 1. The molecule has 3 aliphatic rings. The number of hydrogen-bond donors (Lipinski definition) is 1. The van der Waals surface area contributed by atoms with Gasteiger partial charge in [-0.3, -0.25) is 0 Å². The average Bonchev–Trinajstić information content (AvgIpc) is 2.88. The van der Waals surface area contributed by atoms with Crippen LogP contribution in [0.1, 0.15) is 51.4 Å². The fraction of sp³-hybridized carbons (Fsp3) is 1.00. The molecule has 19 heavy (non-hydrogen) atoms. The van der Waals surface area contributed by atoms with Crippen LogP contribution in [-0.4, -0.2) is 49.8 Å². The van der Waals surface area contributed by atoms with E-state index in [1.165, 1.54) is 57.9 Å². The summed E-state index contributed by atoms with van der Waals surface area (Å²) in [5, 5.41) is 3.59. The van der Waals surface area contributed by atoms with E-state index in [9.17, 15) is 0 Å². The molecule has 2 unspecified atom stereocenters. The molecule has 0 spiro atoms. The summed E-state index contributed by atoms with van der Waals surface area (Å²) >= 11 is 0. The minimum atomic E-state index is 0.477. The van der Waals surface area contributed by atoms with Gasteiger partial charge in [-0.25, -0.2) is 0 Å². The van der Waals surface area contributed by atoms with Crippen LogP contribution in [0.2, 0.25) is 0 Å². The predicted octanol–water partition coefficient (Wildman–Crippen LogP) is 2.41. The molecular formula is C16H30N2O. The van der Waals surface area contributed by atoms with E-state index in [0.29, 0.717) is 12.2 Å². The van der Waals surface area contributed by atoms with E-state index in [4.69, 9.17) is 4.74 Å². The van der Waals surface area contributed by atoms with Gasteiger partial charge in [-0.15, -0.1) is 0 Å². The van der Waals surface area contributed by atoms with Crippen LogP contribution in [0.15, 0.2) is 0 Å². The van der Waals surface area contributed by atoms with Gasteiger partial charge in [0.25, 0.3) is 0 Å². The summed E-state index contributed by atoms with van der Waals surface area (Å²) in [6, 6.07) is 0.813. The van der Waals surface area contributed by atoms with Crippen LogP contribution in [0, 0.1) is 5.92 Å². The normalized spacial score (nSPS) is 32.5. The first-order chi connectivity index (χ1) is 9.29. The van der Waals surface area contributed by atoms with Crippen molar-refractivity contribution in [2.45, 2.75) is 69.6 Å². The highest BCUT2D eigenvalue weighted by Gasteiger charge is 2.29. The van der Waals surface area contributed by atoms with Gasteiger partial charge < -0.3 is 15.0 Å². The molecule has 3 nitrogen and oxygen atoms in total. The number of likely N-dealkylation sites (N-methyl/N-ethyl adjacent to an activating group) is 1. The van der Waals surface area contributed by atoms with Gasteiger partial charge in [-0.2, -0.15) is 0 Å². The van der Waals surface area contributed by atoms with Crippen LogP contribution in [-0.2, 0) is 4.74 Å². The quantitative estimate of drug-likeness (QED) is 0.766. The first-order valence-corrected chi connectivity index (χ1v) is 8.37. The highest BCUT2D eigenvalue weighted by molar-refractivity contribution is 4.84. The Balaban J connectivity index is 1.31. The molecular weight excluding hydrogens is 236 g/mol. The highest BCUT2D eigenvalue weighted by atomic mass is 16.5. The maximum Gasteiger partial charge on any atom is 0.0707 e. The summed E-state index contributed by atoms with van der Waals surface area (Å²) in [4.78, 5) is 2.51. The molecule has 2 atom stereocenters. The van der Waals surface area contributed by atoms with Crippen LogP contribution >= 0.6 is 0 Å². The first kappa shape index (κ1) is 13.8. The summed E-state index contributed by atoms with van der Waals surface area (Å²) in [7, 11) is 2.28. The molecule has 1 saturated heterocycles. The van der Waals surface area contributed by atoms with Crippen molar-refractivity contribution in [3.8, 4) is 0 Å². The van der Waals surface area contributed by atoms with Crippen molar-refractivity contribution in [3.05, 3.63) is 0 Å². The molecule has 0 amide bonds. The number of ether oxygens (including phenoxy) is 1. The molecule has 3 fully saturated rings. The second kappa shape index (κ2) is 6.55. The van der Waals surface area contributed by atoms with E-state index in [-0.39, 0.29) is 0 Å². The summed E-state index contributed by atoms with van der Waals surface area (Å²) in [6.45, 7) is 3.49. The van der Waals surface area contributed by atoms with E-state index in [2.05, 4.69) is 17.3 Å². The van der Waals surface area contributed by atoms with E-state index in [0.717, 1.165) is 25.0 Å². The van der Waals surface area contributed by atoms with Gasteiger partial charge in [-0.1, -0.05) is 12.8 Å². The Morgan fingerprint density at radius 1 is 0.947 bits per heavy atom. The Labute approximate surface area is 118 Å². The largest absolute Gasteiger partial charge is 0.372 e. The van der Waals surface area contributed by atoms with Crippen LogP contribution in [0.5, 0.6) is 0 Å². The molecule has 0 aromatic carbocycles. The number of nitrogens with one attached hydrogen (secondary N) is 1. The second-order valence-corrected chi connectivity index (χ2v) is 7.01. The van der Waals surface area contributed by atoms with Crippen molar-refractivity contribution in [3.63, 3.8) is 0 Å². The zero-order valence-electron chi connectivity index (χ0n) is 12.4. The molecule has 0 radical (unpaired) electrons. The lowest BCUT2D eigenvalue weighted by atomic mass is 10.1. The van der Waals surface area contributed by atoms with Crippen molar-refractivity contribution in [1.82, 2.24) is 10.2 Å². The predicted molar refractivity (Wildman–Crippen MR) is 78.4 cm³/mol. The fourth-order valence-corrected chi connectivity index (χ4v) is 3.71. The molecule has 0 bridgehead atoms. The molecule has 3 rings (SSSR count). The highest BCUT2D eigenvalue weighted by Crippen LogP contribution is 2.26. The maximum absolute atomic E-state index is 6.17. The van der Waals surface area contributed by atoms with Gasteiger partial charge in [0.2, 0.25) is 0 Å². The summed E-state index contributed by atoms with van der Waals surface area (Å²) in [5.41, 5.74) is 0. The molecule has 3 heteroatoms. The van der Waals surface area contributed by atoms with E-state index in [1.807, 2.05) is 0 Å². The maximum atomic E-state index is 6.17. The van der Waals surface area contributed by atoms with Crippen LogP contribution in [0.3, 0.4) is 0 Å². The lowest BCUT2D eigenvalue weighted by Gasteiger charge is -2.24. The van der Waals surface area contributed by atoms with Crippen molar-refractivity contribution < 1.29 is 4.74 Å². The van der Waals surface area contributed by atoms with Gasteiger partial charge in [0.1, 0.15) is 0 Å². The SMILES string of the molecule is CN(CC1CCCC1)CC1CCC(CNC2CC2)O1. The third-order valence-corrected chi connectivity index (χ3v) is 4.97. The van der Waals surface area contributed by atoms with Crippen molar-refractivity contribution in [1.29, 1.82) is 0 Å². The Bertz CT molecular complexity index is 274. The number of rotatable bonds is 7. The minimum absolute atomic E-state index is 0.477. The standard InChI is InChI=1S/C16H30N2O/c1-18(11-13-4-2-3-5-13)12-16-9-8-15(19-16)10-17-14-6-7-14/h13-17H,2-12H2,1H3. The zero-order chi connectivity index (χ0) is 13.1. The van der Waals surface area contributed by atoms with E-state index >= 15 is 0 Å². The summed E-state index contributed by atoms with van der Waals surface area (Å²) < 4.78 is 6.17. The first-order valence-electron chi connectivity index (χ1n) is 8.37. The fourth-order valence-electron chi connectivity index (χ4n) is 3.71. The van der Waals surface area contributed by atoms with Crippen molar-refractivity contribution >= 4 is 0 Å². The molecule has 1 heterocycles. The van der Waals surface area contributed by atoms with Crippen molar-refractivity contribution in [2.75, 3.05) is 26.7 Å². The van der Waals surface area contributed by atoms with Gasteiger partial charge in [-0.05, 0) is 51.5 Å². The molecule has 0 aromatic heterocycles. The molecule has 1 aliphatic heterocycles. The van der Waals surface area contributed by atoms with Gasteiger partial charge >= 0.3 is 0 Å². The Morgan fingerprint density at radius 3 is 2.42 bits per heavy atom. The van der Waals surface area contributed by atoms with Crippen LogP contribution < -0.4 is 5.32 Å². The lowest BCUT2D eigenvalue weighted by Crippen LogP contribution is -2.34. The molecule has 2 aliphatic carbocycles. The van der Waals surface area contributed by atoms with Gasteiger partial charge in [0.05, 0.1) is 12.2 Å². The van der Waals surface area contributed by atoms with Gasteiger partial charge in [0.15, 0.2) is 0 Å². The van der Waals surface area contributed by atoms with E-state index < -0.39 is 0 Å². The summed E-state index contributed by atoms with van der Waals surface area (Å²) in [5.74, 6) is 0.957. The zero-order valence-corrected chi connectivity index (χ0v) is 12.4. The monoisotopic (exact) mass is 266 g/mol. The lowest BCUT2D eigenvalue weighted by molar-refractivity contribution is 0.0256. The topological polar surface area (TPSA) is 24.5 Å². The summed E-state index contributed by atoms with van der Waals surface area (Å²) in [6.07, 6.45) is 12.0. The third kappa shape index (κ3) is 4.44. The van der Waals surface area contributed by atoms with Crippen LogP contribution in [0.25, 0.3) is 0 Å². The van der Waals surface area contributed by atoms with Crippen LogP contribution in [0.4, 0.5) is 0 Å². The minimum Gasteiger partial charge on any atom is -0.372 e. The Morgan fingerprint density at radius 2 is 1.68 bits per heavy atom. The molecule has 0 aromatic rings. The Hall–Kier alpha value is -0.120. The third-order valence-electron chi connectivity index (χ3n) is 4.97. The molecule has 2 saturated carbocycles. The van der Waals surface area contributed by atoms with Gasteiger partial charge in [0, 0.05) is 25.7 Å². The molecule has 110 valence electrons. The van der Waals surface area contributed by atoms with Crippen molar-refractivity contribution in [2.24, 2.45) is 5.92 Å². The average molecular weight is 266 g/mol. The number of hydrogen-bond acceptors (Lipinski definition) is 3. The second-order valence-electron chi connectivity index (χ2n) is 7.01. The van der Waals surface area contributed by atoms with E-state index in [1.54, 1.807) is 0 Å². The Kier molecular flexibility index (Phi) is 4.78. The molecule has 1 N–H and O–H groups in total. The smallest absolute Gasteiger partial charge is 0.0707 e.